The van der Waals surface area contributed by atoms with Crippen LogP contribution < -0.4 is 10.5 Å². The molecule has 0 radical (unpaired) electrons. The second-order valence-corrected chi connectivity index (χ2v) is 5.65. The first-order chi connectivity index (χ1) is 11.6. The van der Waals surface area contributed by atoms with Crippen molar-refractivity contribution in [3.63, 3.8) is 0 Å². The molecule has 0 aliphatic carbocycles. The Hall–Kier alpha value is -2.87. The minimum absolute atomic E-state index is 0.419. The van der Waals surface area contributed by atoms with E-state index in [1.54, 1.807) is 19.2 Å². The highest BCUT2D eigenvalue weighted by molar-refractivity contribution is 5.64. The summed E-state index contributed by atoms with van der Waals surface area (Å²) >= 11 is 0. The van der Waals surface area contributed by atoms with E-state index < -0.39 is 0 Å². The first kappa shape index (κ1) is 17.5. The Bertz CT molecular complexity index is 791. The Kier molecular flexibility index (Phi) is 5.91. The van der Waals surface area contributed by atoms with Gasteiger partial charge in [-0.15, -0.1) is 5.11 Å². The molecule has 0 fully saturated rings. The van der Waals surface area contributed by atoms with Crippen LogP contribution in [0.15, 0.2) is 40.6 Å². The van der Waals surface area contributed by atoms with Crippen LogP contribution in [0.25, 0.3) is 0 Å². The minimum atomic E-state index is 0.419. The molecule has 24 heavy (non-hydrogen) atoms. The SMILES string of the molecule is CCCCc1ccc(N=Nc2c(C)cc(N)cc2C#N)cc1OC. The summed E-state index contributed by atoms with van der Waals surface area (Å²) in [5, 5.41) is 17.7. The molecule has 124 valence electrons. The quantitative estimate of drug-likeness (QED) is 0.585. The predicted molar refractivity (Wildman–Crippen MR) is 96.1 cm³/mol. The van der Waals surface area contributed by atoms with Crippen molar-refractivity contribution in [3.05, 3.63) is 47.0 Å². The molecule has 0 unspecified atom stereocenters. The molecule has 0 amide bonds. The molecule has 2 aromatic carbocycles. The van der Waals surface area contributed by atoms with E-state index in [1.807, 2.05) is 25.1 Å². The Morgan fingerprint density at radius 1 is 1.21 bits per heavy atom. The van der Waals surface area contributed by atoms with E-state index in [4.69, 9.17) is 10.5 Å². The van der Waals surface area contributed by atoms with Gasteiger partial charge in [0.25, 0.3) is 0 Å². The van der Waals surface area contributed by atoms with Gasteiger partial charge in [-0.05, 0) is 49.1 Å². The number of aryl methyl sites for hydroxylation is 2. The molecule has 5 nitrogen and oxygen atoms in total. The third-order valence-corrected chi connectivity index (χ3v) is 3.78. The van der Waals surface area contributed by atoms with Crippen molar-refractivity contribution in [1.82, 2.24) is 0 Å². The molecule has 0 aliphatic heterocycles. The number of methoxy groups -OCH3 is 1. The van der Waals surface area contributed by atoms with E-state index in [9.17, 15) is 5.26 Å². The van der Waals surface area contributed by atoms with Crippen LogP contribution in [0.3, 0.4) is 0 Å². The van der Waals surface area contributed by atoms with Crippen molar-refractivity contribution in [2.75, 3.05) is 12.8 Å². The number of nitrogens with two attached hydrogens (primary N) is 1. The number of hydrogen-bond donors (Lipinski definition) is 1. The molecule has 0 spiro atoms. The highest BCUT2D eigenvalue weighted by atomic mass is 16.5. The summed E-state index contributed by atoms with van der Waals surface area (Å²) in [5.41, 5.74) is 9.95. The van der Waals surface area contributed by atoms with Gasteiger partial charge in [0.15, 0.2) is 0 Å². The van der Waals surface area contributed by atoms with E-state index in [0.29, 0.717) is 22.6 Å². The number of anilines is 1. The van der Waals surface area contributed by atoms with Crippen LogP contribution in [-0.2, 0) is 6.42 Å². The zero-order valence-electron chi connectivity index (χ0n) is 14.3. The van der Waals surface area contributed by atoms with E-state index in [-0.39, 0.29) is 0 Å². The lowest BCUT2D eigenvalue weighted by Crippen LogP contribution is -1.92. The maximum absolute atomic E-state index is 9.24. The monoisotopic (exact) mass is 322 g/mol. The van der Waals surface area contributed by atoms with Gasteiger partial charge in [0.1, 0.15) is 17.5 Å². The lowest BCUT2D eigenvalue weighted by Gasteiger charge is -2.08. The topological polar surface area (TPSA) is 83.8 Å². The molecular weight excluding hydrogens is 300 g/mol. The number of hydrogen-bond acceptors (Lipinski definition) is 5. The van der Waals surface area contributed by atoms with Crippen molar-refractivity contribution in [2.24, 2.45) is 10.2 Å². The van der Waals surface area contributed by atoms with Crippen LogP contribution in [-0.4, -0.2) is 7.11 Å². The summed E-state index contributed by atoms with van der Waals surface area (Å²) in [6.45, 7) is 4.02. The van der Waals surface area contributed by atoms with Crippen molar-refractivity contribution >= 4 is 17.1 Å². The number of ether oxygens (including phenoxy) is 1. The molecule has 2 rings (SSSR count). The van der Waals surface area contributed by atoms with Gasteiger partial charge in [0, 0.05) is 11.8 Å². The summed E-state index contributed by atoms with van der Waals surface area (Å²) in [6, 6.07) is 11.3. The molecule has 5 heteroatoms. The number of azo groups is 1. The van der Waals surface area contributed by atoms with Crippen molar-refractivity contribution < 1.29 is 4.74 Å². The lowest BCUT2D eigenvalue weighted by atomic mass is 10.1. The standard InChI is InChI=1S/C19H22N4O/c1-4-5-6-14-7-8-17(11-18(14)24-3)22-23-19-13(2)9-16(21)10-15(19)12-20/h7-11H,4-6,21H2,1-3H3. The first-order valence-corrected chi connectivity index (χ1v) is 7.98. The molecule has 0 aliphatic rings. The van der Waals surface area contributed by atoms with Crippen molar-refractivity contribution in [2.45, 2.75) is 33.1 Å². The second-order valence-electron chi connectivity index (χ2n) is 5.65. The van der Waals surface area contributed by atoms with Crippen LogP contribution in [0.5, 0.6) is 5.75 Å². The van der Waals surface area contributed by atoms with Crippen molar-refractivity contribution in [1.29, 1.82) is 5.26 Å². The van der Waals surface area contributed by atoms with Crippen LogP contribution >= 0.6 is 0 Å². The first-order valence-electron chi connectivity index (χ1n) is 7.98. The van der Waals surface area contributed by atoms with Gasteiger partial charge in [-0.2, -0.15) is 10.4 Å². The number of nitrogens with zero attached hydrogens (tertiary/aromatic N) is 3. The van der Waals surface area contributed by atoms with Gasteiger partial charge < -0.3 is 10.5 Å². The molecule has 0 aromatic heterocycles. The second kappa shape index (κ2) is 8.11. The zero-order chi connectivity index (χ0) is 17.5. The summed E-state index contributed by atoms with van der Waals surface area (Å²) < 4.78 is 5.45. The molecular formula is C19H22N4O. The summed E-state index contributed by atoms with van der Waals surface area (Å²) in [5.74, 6) is 0.814. The molecule has 0 bridgehead atoms. The number of nitriles is 1. The fraction of sp³-hybridized carbons (Fsp3) is 0.316. The largest absolute Gasteiger partial charge is 0.496 e. The van der Waals surface area contributed by atoms with Crippen LogP contribution in [0.4, 0.5) is 17.1 Å². The average Bonchev–Trinajstić information content (AvgIpc) is 2.58. The van der Waals surface area contributed by atoms with Gasteiger partial charge in [0.05, 0.1) is 18.4 Å². The maximum atomic E-state index is 9.24. The summed E-state index contributed by atoms with van der Waals surface area (Å²) in [4.78, 5) is 0. The van der Waals surface area contributed by atoms with Gasteiger partial charge in [-0.1, -0.05) is 19.4 Å². The number of unbranched alkanes of at least 4 members (excludes halogenated alkanes) is 1. The van der Waals surface area contributed by atoms with Gasteiger partial charge >= 0.3 is 0 Å². The van der Waals surface area contributed by atoms with Gasteiger partial charge in [-0.3, -0.25) is 0 Å². The minimum Gasteiger partial charge on any atom is -0.496 e. The Balaban J connectivity index is 2.32. The fourth-order valence-corrected chi connectivity index (χ4v) is 2.50. The smallest absolute Gasteiger partial charge is 0.124 e. The Morgan fingerprint density at radius 2 is 2.00 bits per heavy atom. The zero-order valence-corrected chi connectivity index (χ0v) is 14.3. The van der Waals surface area contributed by atoms with Gasteiger partial charge in [-0.25, -0.2) is 0 Å². The Morgan fingerprint density at radius 3 is 2.67 bits per heavy atom. The van der Waals surface area contributed by atoms with E-state index >= 15 is 0 Å². The third-order valence-electron chi connectivity index (χ3n) is 3.78. The lowest BCUT2D eigenvalue weighted by molar-refractivity contribution is 0.409. The highest BCUT2D eigenvalue weighted by Crippen LogP contribution is 2.30. The summed E-state index contributed by atoms with van der Waals surface area (Å²) in [7, 11) is 1.66. The molecule has 0 atom stereocenters. The van der Waals surface area contributed by atoms with Crippen molar-refractivity contribution in [3.8, 4) is 11.8 Å². The highest BCUT2D eigenvalue weighted by Gasteiger charge is 2.08. The predicted octanol–water partition coefficient (Wildman–Crippen LogP) is 5.22. The summed E-state index contributed by atoms with van der Waals surface area (Å²) in [6.07, 6.45) is 3.23. The van der Waals surface area contributed by atoms with Crippen LogP contribution in [0.2, 0.25) is 0 Å². The molecule has 0 saturated heterocycles. The Labute approximate surface area is 142 Å². The molecule has 2 N–H and O–H groups in total. The number of benzene rings is 2. The van der Waals surface area contributed by atoms with E-state index in [1.165, 1.54) is 5.56 Å². The third kappa shape index (κ3) is 4.11. The average molecular weight is 322 g/mol. The normalized spacial score (nSPS) is 10.8. The molecule has 2 aromatic rings. The molecule has 0 saturated carbocycles. The van der Waals surface area contributed by atoms with E-state index in [0.717, 1.165) is 30.6 Å². The molecule has 0 heterocycles. The maximum Gasteiger partial charge on any atom is 0.124 e. The number of nitrogen functional groups attached to an aromatic ring is 1. The van der Waals surface area contributed by atoms with Gasteiger partial charge in [0.2, 0.25) is 0 Å². The van der Waals surface area contributed by atoms with Crippen LogP contribution in [0.1, 0.15) is 36.5 Å². The fourth-order valence-electron chi connectivity index (χ4n) is 2.50. The van der Waals surface area contributed by atoms with Crippen LogP contribution in [0, 0.1) is 18.3 Å². The van der Waals surface area contributed by atoms with E-state index in [2.05, 4.69) is 23.2 Å². The number of rotatable bonds is 6.